The number of hydrogen-bond donors (Lipinski definition) is 1. The van der Waals surface area contributed by atoms with Gasteiger partial charge in [-0.2, -0.15) is 0 Å². The van der Waals surface area contributed by atoms with Crippen molar-refractivity contribution in [3.05, 3.63) is 89.4 Å². The van der Waals surface area contributed by atoms with Crippen LogP contribution in [0, 0.1) is 0 Å². The third-order valence-electron chi connectivity index (χ3n) is 6.35. The van der Waals surface area contributed by atoms with Crippen LogP contribution < -0.4 is 14.4 Å². The number of para-hydroxylation sites is 2. The zero-order valence-electron chi connectivity index (χ0n) is 19.9. The summed E-state index contributed by atoms with van der Waals surface area (Å²) < 4.78 is 34.8. The molecule has 1 saturated carbocycles. The van der Waals surface area contributed by atoms with Crippen molar-refractivity contribution in [2.45, 2.75) is 56.0 Å². The van der Waals surface area contributed by atoms with Crippen LogP contribution in [-0.2, 0) is 16.6 Å². The van der Waals surface area contributed by atoms with Crippen molar-refractivity contribution in [3.8, 4) is 5.75 Å². The fourth-order valence-electron chi connectivity index (χ4n) is 4.44. The number of nitrogens with one attached hydrogen (secondary N) is 1. The Morgan fingerprint density at radius 1 is 0.886 bits per heavy atom. The summed E-state index contributed by atoms with van der Waals surface area (Å²) in [4.78, 5) is 0.193. The Kier molecular flexibility index (Phi) is 9.07. The van der Waals surface area contributed by atoms with E-state index in [1.807, 2.05) is 42.5 Å². The Morgan fingerprint density at radius 3 is 2.31 bits per heavy atom. The molecule has 1 fully saturated rings. The summed E-state index contributed by atoms with van der Waals surface area (Å²) >= 11 is 5.99. The second kappa shape index (κ2) is 12.4. The highest BCUT2D eigenvalue weighted by Gasteiger charge is 2.26. The smallest absolute Gasteiger partial charge is 0.264 e. The molecule has 0 heterocycles. The maximum atomic E-state index is 13.6. The topological polar surface area (TPSA) is 58.6 Å². The van der Waals surface area contributed by atoms with Gasteiger partial charge in [0.25, 0.3) is 10.0 Å². The molecule has 4 rings (SSSR count). The summed E-state index contributed by atoms with van der Waals surface area (Å²) in [7, 11) is -3.82. The van der Waals surface area contributed by atoms with Crippen LogP contribution in [0.1, 0.15) is 44.1 Å². The van der Waals surface area contributed by atoms with E-state index in [1.54, 1.807) is 24.3 Å². The fourth-order valence-corrected chi connectivity index (χ4v) is 6.01. The highest BCUT2D eigenvalue weighted by Crippen LogP contribution is 2.29. The van der Waals surface area contributed by atoms with Crippen molar-refractivity contribution >= 4 is 27.3 Å². The molecule has 0 spiro atoms. The number of rotatable bonds is 11. The number of ether oxygens (including phenoxy) is 1. The van der Waals surface area contributed by atoms with Crippen LogP contribution in [0.4, 0.5) is 5.69 Å². The molecule has 3 aromatic rings. The molecule has 1 N–H and O–H groups in total. The number of nitrogens with zero attached hydrogens (tertiary/aromatic N) is 1. The van der Waals surface area contributed by atoms with Crippen molar-refractivity contribution in [3.63, 3.8) is 0 Å². The Hall–Kier alpha value is -2.54. The third kappa shape index (κ3) is 7.00. The zero-order valence-corrected chi connectivity index (χ0v) is 21.5. The molecule has 3 aromatic carbocycles. The molecule has 0 saturated heterocycles. The third-order valence-corrected chi connectivity index (χ3v) is 8.39. The molecule has 0 aromatic heterocycles. The van der Waals surface area contributed by atoms with E-state index in [2.05, 4.69) is 5.32 Å². The van der Waals surface area contributed by atoms with Crippen molar-refractivity contribution in [1.29, 1.82) is 0 Å². The van der Waals surface area contributed by atoms with E-state index in [0.29, 0.717) is 29.1 Å². The first-order chi connectivity index (χ1) is 17.0. The van der Waals surface area contributed by atoms with E-state index in [-0.39, 0.29) is 11.4 Å². The van der Waals surface area contributed by atoms with Gasteiger partial charge in [-0.3, -0.25) is 4.31 Å². The van der Waals surface area contributed by atoms with Crippen LogP contribution in [0.25, 0.3) is 0 Å². The summed E-state index contributed by atoms with van der Waals surface area (Å²) in [5, 5.41) is 4.13. The van der Waals surface area contributed by atoms with Gasteiger partial charge in [-0.1, -0.05) is 67.3 Å². The fraction of sp³-hybridized carbons (Fsp3) is 0.357. The van der Waals surface area contributed by atoms with Gasteiger partial charge in [0.2, 0.25) is 0 Å². The molecular weight excluding hydrogens is 480 g/mol. The van der Waals surface area contributed by atoms with E-state index >= 15 is 0 Å². The van der Waals surface area contributed by atoms with Gasteiger partial charge in [0.05, 0.1) is 23.7 Å². The number of benzene rings is 3. The van der Waals surface area contributed by atoms with E-state index in [0.717, 1.165) is 18.5 Å². The van der Waals surface area contributed by atoms with Crippen molar-refractivity contribution in [1.82, 2.24) is 5.32 Å². The molecule has 0 amide bonds. The van der Waals surface area contributed by atoms with Gasteiger partial charge < -0.3 is 10.1 Å². The monoisotopic (exact) mass is 512 g/mol. The lowest BCUT2D eigenvalue weighted by Gasteiger charge is -2.26. The molecule has 0 atom stereocenters. The molecule has 7 heteroatoms. The second-order valence-corrected chi connectivity index (χ2v) is 11.2. The zero-order chi connectivity index (χ0) is 24.5. The average Bonchev–Trinajstić information content (AvgIpc) is 2.89. The standard InChI is InChI=1S/C28H33ClN2O3S/c29-24-16-18-27(19-17-24)35(32,33)31(26-13-5-2-6-14-26)22-23-10-7-8-15-28(23)34-21-9-20-30-25-11-3-1-4-12-25/h2,5-8,10,13-19,25,30H,1,3-4,9,11-12,20-22H2. The second-order valence-electron chi connectivity index (χ2n) is 8.90. The van der Waals surface area contributed by atoms with Crippen LogP contribution in [0.3, 0.4) is 0 Å². The van der Waals surface area contributed by atoms with Gasteiger partial charge in [-0.25, -0.2) is 8.42 Å². The van der Waals surface area contributed by atoms with Gasteiger partial charge in [-0.05, 0) is 68.3 Å². The summed E-state index contributed by atoms with van der Waals surface area (Å²) in [5.41, 5.74) is 1.41. The highest BCUT2D eigenvalue weighted by molar-refractivity contribution is 7.92. The van der Waals surface area contributed by atoms with Crippen LogP contribution >= 0.6 is 11.6 Å². The van der Waals surface area contributed by atoms with Gasteiger partial charge in [-0.15, -0.1) is 0 Å². The molecule has 35 heavy (non-hydrogen) atoms. The van der Waals surface area contributed by atoms with Crippen molar-refractivity contribution in [2.24, 2.45) is 0 Å². The van der Waals surface area contributed by atoms with Gasteiger partial charge >= 0.3 is 0 Å². The number of anilines is 1. The van der Waals surface area contributed by atoms with E-state index in [1.165, 1.54) is 48.5 Å². The minimum absolute atomic E-state index is 0.158. The van der Waals surface area contributed by atoms with Crippen molar-refractivity contribution in [2.75, 3.05) is 17.5 Å². The molecule has 1 aliphatic carbocycles. The number of sulfonamides is 1. The van der Waals surface area contributed by atoms with Crippen LogP contribution in [0.2, 0.25) is 5.02 Å². The maximum absolute atomic E-state index is 13.6. The molecular formula is C28H33ClN2O3S. The predicted octanol–water partition coefficient (Wildman–Crippen LogP) is 6.43. The van der Waals surface area contributed by atoms with Crippen LogP contribution in [-0.4, -0.2) is 27.6 Å². The molecule has 186 valence electrons. The first kappa shape index (κ1) is 25.5. The first-order valence-electron chi connectivity index (χ1n) is 12.3. The summed E-state index contributed by atoms with van der Waals surface area (Å²) in [5.74, 6) is 0.706. The quantitative estimate of drug-likeness (QED) is 0.301. The minimum Gasteiger partial charge on any atom is -0.493 e. The molecule has 0 radical (unpaired) electrons. The Bertz CT molecular complexity index is 1160. The molecule has 1 aliphatic rings. The number of hydrogen-bond acceptors (Lipinski definition) is 4. The summed E-state index contributed by atoms with van der Waals surface area (Å²) in [6, 6.07) is 23.7. The normalized spacial score (nSPS) is 14.5. The largest absolute Gasteiger partial charge is 0.493 e. The lowest BCUT2D eigenvalue weighted by molar-refractivity contribution is 0.294. The molecule has 0 bridgehead atoms. The van der Waals surface area contributed by atoms with Gasteiger partial charge in [0.1, 0.15) is 5.75 Å². The summed E-state index contributed by atoms with van der Waals surface area (Å²) in [6.45, 7) is 1.66. The maximum Gasteiger partial charge on any atom is 0.264 e. The number of halogens is 1. The predicted molar refractivity (Wildman–Crippen MR) is 143 cm³/mol. The Labute approximate surface area is 214 Å². The van der Waals surface area contributed by atoms with E-state index < -0.39 is 10.0 Å². The Balaban J connectivity index is 1.47. The van der Waals surface area contributed by atoms with Crippen LogP contribution in [0.15, 0.2) is 83.8 Å². The van der Waals surface area contributed by atoms with Crippen molar-refractivity contribution < 1.29 is 13.2 Å². The van der Waals surface area contributed by atoms with E-state index in [4.69, 9.17) is 16.3 Å². The lowest BCUT2D eigenvalue weighted by atomic mass is 9.95. The molecule has 0 unspecified atom stereocenters. The highest BCUT2D eigenvalue weighted by atomic mass is 35.5. The van der Waals surface area contributed by atoms with Gasteiger partial charge in [0, 0.05) is 16.6 Å². The van der Waals surface area contributed by atoms with Crippen LogP contribution in [0.5, 0.6) is 5.75 Å². The molecule has 5 nitrogen and oxygen atoms in total. The SMILES string of the molecule is O=S(=O)(c1ccc(Cl)cc1)N(Cc1ccccc1OCCCNC1CCCCC1)c1ccccc1. The molecule has 0 aliphatic heterocycles. The lowest BCUT2D eigenvalue weighted by Crippen LogP contribution is -2.32. The minimum atomic E-state index is -3.82. The average molecular weight is 513 g/mol. The summed E-state index contributed by atoms with van der Waals surface area (Å²) in [6.07, 6.45) is 7.42. The van der Waals surface area contributed by atoms with E-state index in [9.17, 15) is 8.42 Å². The Morgan fingerprint density at radius 2 is 1.57 bits per heavy atom. The van der Waals surface area contributed by atoms with Gasteiger partial charge in [0.15, 0.2) is 0 Å². The first-order valence-corrected chi connectivity index (χ1v) is 14.1.